The smallest absolute Gasteiger partial charge is 0.332 e. The lowest BCUT2D eigenvalue weighted by Crippen LogP contribution is -2.38. The number of hydrogen-bond donors (Lipinski definition) is 2. The number of fused-ring (bicyclic) bond motifs is 1. The van der Waals surface area contributed by atoms with Crippen LogP contribution in [0, 0.1) is 5.41 Å². The van der Waals surface area contributed by atoms with E-state index in [9.17, 15) is 9.59 Å². The van der Waals surface area contributed by atoms with Crippen LogP contribution in [0.25, 0.3) is 11.0 Å². The summed E-state index contributed by atoms with van der Waals surface area (Å²) in [4.78, 5) is 21.0. The molecule has 1 aliphatic carbocycles. The number of carboxylic acids is 2. The first-order valence-corrected chi connectivity index (χ1v) is 7.70. The average Bonchev–Trinajstić information content (AvgIpc) is 2.98. The fourth-order valence-electron chi connectivity index (χ4n) is 2.11. The molecule has 3 rings (SSSR count). The summed E-state index contributed by atoms with van der Waals surface area (Å²) in [6.45, 7) is 1.47. The van der Waals surface area contributed by atoms with E-state index in [0.29, 0.717) is 0 Å². The van der Waals surface area contributed by atoms with Crippen LogP contribution in [-0.2, 0) is 9.59 Å². The number of carboxylic acid groups (broad SMARTS) is 2. The van der Waals surface area contributed by atoms with Crippen molar-refractivity contribution in [3.05, 3.63) is 60.4 Å². The second-order valence-electron chi connectivity index (χ2n) is 5.20. The van der Waals surface area contributed by atoms with E-state index in [-0.39, 0.29) is 5.57 Å². The molecule has 1 aromatic heterocycles. The van der Waals surface area contributed by atoms with Gasteiger partial charge in [0.25, 0.3) is 0 Å². The van der Waals surface area contributed by atoms with Crippen LogP contribution >= 0.6 is 15.9 Å². The van der Waals surface area contributed by atoms with E-state index in [1.165, 1.54) is 25.2 Å². The minimum atomic E-state index is -1.21. The summed E-state index contributed by atoms with van der Waals surface area (Å²) in [6.07, 6.45) is 6.02. The van der Waals surface area contributed by atoms with Crippen molar-refractivity contribution >= 4 is 38.8 Å². The summed E-state index contributed by atoms with van der Waals surface area (Å²) in [5, 5.41) is 18.9. The van der Waals surface area contributed by atoms with Crippen LogP contribution in [0.3, 0.4) is 0 Å². The fraction of sp³-hybridized carbons (Fsp3) is 0.176. The van der Waals surface area contributed by atoms with E-state index in [1.807, 2.05) is 30.3 Å². The van der Waals surface area contributed by atoms with Crippen LogP contribution in [-0.4, -0.2) is 27.0 Å². The van der Waals surface area contributed by atoms with Gasteiger partial charge in [0.1, 0.15) is 11.0 Å². The lowest BCUT2D eigenvalue weighted by atomic mass is 9.80. The molecule has 0 bridgehead atoms. The number of alkyl halides is 1. The molecule has 5 nitrogen and oxygen atoms in total. The lowest BCUT2D eigenvalue weighted by Gasteiger charge is -2.29. The van der Waals surface area contributed by atoms with Crippen molar-refractivity contribution in [1.29, 1.82) is 0 Å². The second-order valence-corrected chi connectivity index (χ2v) is 6.11. The Morgan fingerprint density at radius 3 is 2.52 bits per heavy atom. The Kier molecular flexibility index (Phi) is 5.05. The van der Waals surface area contributed by atoms with Crippen molar-refractivity contribution in [2.45, 2.75) is 11.8 Å². The van der Waals surface area contributed by atoms with Crippen molar-refractivity contribution in [3.8, 4) is 0 Å². The zero-order chi connectivity index (χ0) is 17.0. The topological polar surface area (TPSA) is 87.7 Å². The molecule has 0 radical (unpaired) electrons. The van der Waals surface area contributed by atoms with Gasteiger partial charge in [0.05, 0.1) is 16.7 Å². The second kappa shape index (κ2) is 6.83. The summed E-state index contributed by atoms with van der Waals surface area (Å²) in [5.41, 5.74) is -0.197. The molecule has 2 atom stereocenters. The third-order valence-electron chi connectivity index (χ3n) is 3.59. The fourth-order valence-corrected chi connectivity index (χ4v) is 2.81. The molecule has 0 saturated heterocycles. The summed E-state index contributed by atoms with van der Waals surface area (Å²) in [5.74, 6) is -2.16. The van der Waals surface area contributed by atoms with Gasteiger partial charge in [-0.1, -0.05) is 52.4 Å². The van der Waals surface area contributed by atoms with Crippen molar-refractivity contribution in [2.24, 2.45) is 5.41 Å². The first kappa shape index (κ1) is 17.0. The van der Waals surface area contributed by atoms with Gasteiger partial charge in [0, 0.05) is 5.39 Å². The monoisotopic (exact) mass is 378 g/mol. The highest BCUT2D eigenvalue weighted by atomic mass is 79.9. The Morgan fingerprint density at radius 1 is 1.22 bits per heavy atom. The maximum absolute atomic E-state index is 11.0. The minimum absolute atomic E-state index is 0.0531. The molecular formula is C17H15BrO5. The van der Waals surface area contributed by atoms with Crippen LogP contribution < -0.4 is 0 Å². The predicted molar refractivity (Wildman–Crippen MR) is 89.5 cm³/mol. The number of furan rings is 1. The summed E-state index contributed by atoms with van der Waals surface area (Å²) >= 11 is 3.10. The Hall–Kier alpha value is -2.34. The number of para-hydroxylation sites is 1. The molecule has 0 fully saturated rings. The summed E-state index contributed by atoms with van der Waals surface area (Å²) in [6, 6.07) is 9.90. The van der Waals surface area contributed by atoms with Gasteiger partial charge in [-0.2, -0.15) is 0 Å². The number of rotatable bonds is 2. The molecule has 2 N–H and O–H groups in total. The SMILES string of the molecule is CC1(C(=O)O)C=CC=C(C(=O)O)C1Br.c1ccc2occc2c1. The van der Waals surface area contributed by atoms with Gasteiger partial charge < -0.3 is 14.6 Å². The van der Waals surface area contributed by atoms with Crippen LogP contribution in [0.5, 0.6) is 0 Å². The van der Waals surface area contributed by atoms with Crippen molar-refractivity contribution in [2.75, 3.05) is 0 Å². The molecule has 120 valence electrons. The molecule has 0 spiro atoms. The predicted octanol–water partition coefficient (Wildman–Crippen LogP) is 3.85. The maximum Gasteiger partial charge on any atom is 0.332 e. The molecule has 1 heterocycles. The first-order chi connectivity index (χ1) is 10.9. The van der Waals surface area contributed by atoms with Gasteiger partial charge in [-0.15, -0.1) is 0 Å². The zero-order valence-corrected chi connectivity index (χ0v) is 13.9. The Balaban J connectivity index is 0.000000182. The summed E-state index contributed by atoms with van der Waals surface area (Å²) in [7, 11) is 0. The Bertz CT molecular complexity index is 759. The molecule has 0 aliphatic heterocycles. The number of hydrogen-bond acceptors (Lipinski definition) is 3. The van der Waals surface area contributed by atoms with E-state index in [4.69, 9.17) is 14.6 Å². The van der Waals surface area contributed by atoms with E-state index in [1.54, 1.807) is 6.26 Å². The third kappa shape index (κ3) is 3.53. The molecule has 1 aromatic carbocycles. The Morgan fingerprint density at radius 2 is 1.91 bits per heavy atom. The van der Waals surface area contributed by atoms with E-state index >= 15 is 0 Å². The van der Waals surface area contributed by atoms with Crippen LogP contribution in [0.15, 0.2) is 64.8 Å². The molecular weight excluding hydrogens is 364 g/mol. The maximum atomic E-state index is 11.0. The Labute approximate surface area is 141 Å². The highest BCUT2D eigenvalue weighted by Gasteiger charge is 2.43. The molecule has 6 heteroatoms. The molecule has 2 aromatic rings. The number of allylic oxidation sites excluding steroid dienone is 2. The summed E-state index contributed by atoms with van der Waals surface area (Å²) < 4.78 is 5.12. The van der Waals surface area contributed by atoms with Gasteiger partial charge in [0.15, 0.2) is 0 Å². The molecule has 1 aliphatic rings. The number of carbonyl (C=O) groups is 2. The van der Waals surface area contributed by atoms with Gasteiger partial charge in [-0.25, -0.2) is 4.79 Å². The van der Waals surface area contributed by atoms with Crippen LogP contribution in [0.4, 0.5) is 0 Å². The average molecular weight is 379 g/mol. The zero-order valence-electron chi connectivity index (χ0n) is 12.3. The van der Waals surface area contributed by atoms with Gasteiger partial charge in [-0.05, 0) is 19.1 Å². The van der Waals surface area contributed by atoms with Gasteiger partial charge >= 0.3 is 11.9 Å². The minimum Gasteiger partial charge on any atom is -0.481 e. The molecule has 23 heavy (non-hydrogen) atoms. The van der Waals surface area contributed by atoms with E-state index in [0.717, 1.165) is 11.0 Å². The van der Waals surface area contributed by atoms with Crippen molar-refractivity contribution < 1.29 is 24.2 Å². The molecule has 0 saturated carbocycles. The highest BCUT2D eigenvalue weighted by molar-refractivity contribution is 9.09. The van der Waals surface area contributed by atoms with Crippen LogP contribution in [0.1, 0.15) is 6.92 Å². The number of aliphatic carboxylic acids is 2. The van der Waals surface area contributed by atoms with Gasteiger partial charge in [-0.3, -0.25) is 4.79 Å². The van der Waals surface area contributed by atoms with Crippen molar-refractivity contribution in [3.63, 3.8) is 0 Å². The molecule has 2 unspecified atom stereocenters. The van der Waals surface area contributed by atoms with Crippen molar-refractivity contribution in [1.82, 2.24) is 0 Å². The van der Waals surface area contributed by atoms with E-state index < -0.39 is 22.2 Å². The quantitative estimate of drug-likeness (QED) is 0.774. The third-order valence-corrected chi connectivity index (χ3v) is 5.03. The number of benzene rings is 1. The number of halogens is 1. The normalized spacial score (nSPS) is 22.9. The highest BCUT2D eigenvalue weighted by Crippen LogP contribution is 2.37. The van der Waals surface area contributed by atoms with Gasteiger partial charge in [0.2, 0.25) is 0 Å². The first-order valence-electron chi connectivity index (χ1n) is 6.78. The largest absolute Gasteiger partial charge is 0.481 e. The lowest BCUT2D eigenvalue weighted by molar-refractivity contribution is -0.144. The molecule has 0 amide bonds. The standard InChI is InChI=1S/C9H9BrO4.C8H6O/c1-9(8(13)14)4-2-3-5(6(9)10)7(11)12;1-2-4-8-7(3-1)5-6-9-8/h2-4,6H,1H3,(H,11,12)(H,13,14);1-6H. The van der Waals surface area contributed by atoms with E-state index in [2.05, 4.69) is 15.9 Å². The van der Waals surface area contributed by atoms with Crippen LogP contribution in [0.2, 0.25) is 0 Å².